The Hall–Kier alpha value is -2.40. The van der Waals surface area contributed by atoms with Crippen LogP contribution in [0, 0.1) is 11.3 Å². The molecular formula is C18H18ClN3O3S. The molecule has 8 heteroatoms. The minimum atomic E-state index is -3.82. The molecule has 0 heterocycles. The van der Waals surface area contributed by atoms with Gasteiger partial charge >= 0.3 is 0 Å². The number of nitrogens with one attached hydrogen (secondary N) is 1. The molecule has 0 saturated carbocycles. The van der Waals surface area contributed by atoms with Crippen LogP contribution in [0.25, 0.3) is 0 Å². The molecule has 0 bridgehead atoms. The molecule has 2 aromatic rings. The van der Waals surface area contributed by atoms with Crippen molar-refractivity contribution in [2.75, 3.05) is 13.6 Å². The molecular weight excluding hydrogens is 374 g/mol. The molecule has 1 amide bonds. The van der Waals surface area contributed by atoms with Gasteiger partial charge in [0, 0.05) is 12.1 Å². The molecule has 136 valence electrons. The average Bonchev–Trinajstić information content (AvgIpc) is 2.61. The van der Waals surface area contributed by atoms with Crippen LogP contribution in [0.1, 0.15) is 24.1 Å². The number of hydrogen-bond acceptors (Lipinski definition) is 4. The first kappa shape index (κ1) is 19.9. The first-order valence-electron chi connectivity index (χ1n) is 7.75. The van der Waals surface area contributed by atoms with Crippen LogP contribution in [-0.2, 0) is 14.8 Å². The predicted molar refractivity (Wildman–Crippen MR) is 99.0 cm³/mol. The van der Waals surface area contributed by atoms with Crippen molar-refractivity contribution < 1.29 is 13.2 Å². The molecule has 26 heavy (non-hydrogen) atoms. The Morgan fingerprint density at radius 1 is 1.27 bits per heavy atom. The minimum Gasteiger partial charge on any atom is -0.348 e. The summed E-state index contributed by atoms with van der Waals surface area (Å²) in [7, 11) is -2.49. The van der Waals surface area contributed by atoms with Gasteiger partial charge in [-0.3, -0.25) is 4.79 Å². The van der Waals surface area contributed by atoms with E-state index in [1.807, 2.05) is 12.1 Å². The van der Waals surface area contributed by atoms with Gasteiger partial charge in [0.05, 0.1) is 29.1 Å². The zero-order valence-corrected chi connectivity index (χ0v) is 15.9. The van der Waals surface area contributed by atoms with Gasteiger partial charge < -0.3 is 5.32 Å². The Labute approximate surface area is 158 Å². The number of nitriles is 1. The van der Waals surface area contributed by atoms with Crippen LogP contribution in [0.5, 0.6) is 0 Å². The SMILES string of the molecule is CC(NC(=O)CN(C)S(=O)(=O)c1ccc(C#N)cc1)c1cccc(Cl)c1. The lowest BCUT2D eigenvalue weighted by Crippen LogP contribution is -2.39. The molecule has 0 aliphatic carbocycles. The van der Waals surface area contributed by atoms with Crippen LogP contribution >= 0.6 is 11.6 Å². The van der Waals surface area contributed by atoms with Crippen molar-refractivity contribution in [1.82, 2.24) is 9.62 Å². The van der Waals surface area contributed by atoms with E-state index in [9.17, 15) is 13.2 Å². The lowest BCUT2D eigenvalue weighted by molar-refractivity contribution is -0.121. The van der Waals surface area contributed by atoms with Gasteiger partial charge in [0.1, 0.15) is 0 Å². The summed E-state index contributed by atoms with van der Waals surface area (Å²) in [6, 6.07) is 14.2. The molecule has 0 radical (unpaired) electrons. The number of rotatable bonds is 6. The summed E-state index contributed by atoms with van der Waals surface area (Å²) >= 11 is 5.94. The van der Waals surface area contributed by atoms with E-state index in [0.29, 0.717) is 10.6 Å². The molecule has 2 rings (SSSR count). The second kappa shape index (κ2) is 8.32. The van der Waals surface area contributed by atoms with Gasteiger partial charge in [0.15, 0.2) is 0 Å². The second-order valence-electron chi connectivity index (χ2n) is 5.74. The van der Waals surface area contributed by atoms with E-state index in [1.165, 1.54) is 31.3 Å². The van der Waals surface area contributed by atoms with E-state index in [2.05, 4.69) is 5.32 Å². The van der Waals surface area contributed by atoms with Crippen LogP contribution in [0.3, 0.4) is 0 Å². The summed E-state index contributed by atoms with van der Waals surface area (Å²) in [6.45, 7) is 1.46. The summed E-state index contributed by atoms with van der Waals surface area (Å²) in [4.78, 5) is 12.2. The van der Waals surface area contributed by atoms with Crippen molar-refractivity contribution in [3.63, 3.8) is 0 Å². The molecule has 1 N–H and O–H groups in total. The van der Waals surface area contributed by atoms with Crippen LogP contribution in [0.2, 0.25) is 5.02 Å². The lowest BCUT2D eigenvalue weighted by Gasteiger charge is -2.19. The smallest absolute Gasteiger partial charge is 0.243 e. The van der Waals surface area contributed by atoms with Crippen molar-refractivity contribution in [3.8, 4) is 6.07 Å². The van der Waals surface area contributed by atoms with Gasteiger partial charge in [0.2, 0.25) is 15.9 Å². The maximum Gasteiger partial charge on any atom is 0.243 e. The first-order chi connectivity index (χ1) is 12.2. The number of amides is 1. The fourth-order valence-electron chi connectivity index (χ4n) is 2.31. The monoisotopic (exact) mass is 391 g/mol. The highest BCUT2D eigenvalue weighted by Gasteiger charge is 2.23. The maximum atomic E-state index is 12.5. The normalized spacial score (nSPS) is 12.4. The first-order valence-corrected chi connectivity index (χ1v) is 9.57. The summed E-state index contributed by atoms with van der Waals surface area (Å²) in [5.74, 6) is -0.433. The Bertz CT molecular complexity index is 937. The molecule has 0 fully saturated rings. The van der Waals surface area contributed by atoms with Crippen molar-refractivity contribution in [2.24, 2.45) is 0 Å². The maximum absolute atomic E-state index is 12.5. The Balaban J connectivity index is 2.04. The van der Waals surface area contributed by atoms with Crippen LogP contribution in [0.4, 0.5) is 0 Å². The Morgan fingerprint density at radius 2 is 1.92 bits per heavy atom. The van der Waals surface area contributed by atoms with E-state index in [-0.39, 0.29) is 17.5 Å². The van der Waals surface area contributed by atoms with Gasteiger partial charge in [-0.05, 0) is 48.9 Å². The molecule has 0 aliphatic heterocycles. The number of nitrogens with zero attached hydrogens (tertiary/aromatic N) is 2. The molecule has 0 aliphatic rings. The van der Waals surface area contributed by atoms with E-state index < -0.39 is 15.9 Å². The van der Waals surface area contributed by atoms with E-state index in [0.717, 1.165) is 9.87 Å². The lowest BCUT2D eigenvalue weighted by atomic mass is 10.1. The fourth-order valence-corrected chi connectivity index (χ4v) is 3.64. The predicted octanol–water partition coefficient (Wildman–Crippen LogP) is 2.71. The molecule has 1 atom stereocenters. The summed E-state index contributed by atoms with van der Waals surface area (Å²) < 4.78 is 26.0. The number of carbonyl (C=O) groups excluding carboxylic acids is 1. The quantitative estimate of drug-likeness (QED) is 0.819. The van der Waals surface area contributed by atoms with Crippen LogP contribution in [-0.4, -0.2) is 32.2 Å². The third kappa shape index (κ3) is 4.82. The van der Waals surface area contributed by atoms with Gasteiger partial charge in [0.25, 0.3) is 0 Å². The molecule has 0 spiro atoms. The minimum absolute atomic E-state index is 0.0229. The number of carbonyl (C=O) groups is 1. The van der Waals surface area contributed by atoms with Crippen LogP contribution < -0.4 is 5.32 Å². The van der Waals surface area contributed by atoms with E-state index in [1.54, 1.807) is 25.1 Å². The number of likely N-dealkylation sites (N-methyl/N-ethyl adjacent to an activating group) is 1. The topological polar surface area (TPSA) is 90.3 Å². The average molecular weight is 392 g/mol. The summed E-state index contributed by atoms with van der Waals surface area (Å²) in [6.07, 6.45) is 0. The Kier molecular flexibility index (Phi) is 6.37. The van der Waals surface area contributed by atoms with Gasteiger partial charge in [-0.2, -0.15) is 9.57 Å². The highest BCUT2D eigenvalue weighted by atomic mass is 35.5. The molecule has 0 aromatic heterocycles. The van der Waals surface area contributed by atoms with Gasteiger partial charge in [-0.15, -0.1) is 0 Å². The third-order valence-corrected chi connectivity index (χ3v) is 5.84. The number of benzene rings is 2. The summed E-state index contributed by atoms with van der Waals surface area (Å²) in [5, 5.41) is 12.1. The Morgan fingerprint density at radius 3 is 2.50 bits per heavy atom. The van der Waals surface area contributed by atoms with E-state index in [4.69, 9.17) is 16.9 Å². The zero-order valence-electron chi connectivity index (χ0n) is 14.3. The molecule has 1 unspecified atom stereocenters. The van der Waals surface area contributed by atoms with Crippen LogP contribution in [0.15, 0.2) is 53.4 Å². The fraction of sp³-hybridized carbons (Fsp3) is 0.222. The second-order valence-corrected chi connectivity index (χ2v) is 8.22. The largest absolute Gasteiger partial charge is 0.348 e. The van der Waals surface area contributed by atoms with E-state index >= 15 is 0 Å². The van der Waals surface area contributed by atoms with Gasteiger partial charge in [-0.25, -0.2) is 8.42 Å². The zero-order chi connectivity index (χ0) is 19.3. The van der Waals surface area contributed by atoms with Crippen molar-refractivity contribution >= 4 is 27.5 Å². The number of halogens is 1. The highest BCUT2D eigenvalue weighted by Crippen LogP contribution is 2.18. The van der Waals surface area contributed by atoms with Gasteiger partial charge in [-0.1, -0.05) is 23.7 Å². The molecule has 6 nitrogen and oxygen atoms in total. The van der Waals surface area contributed by atoms with Crippen molar-refractivity contribution in [2.45, 2.75) is 17.9 Å². The molecule has 2 aromatic carbocycles. The summed E-state index contributed by atoms with van der Waals surface area (Å²) in [5.41, 5.74) is 1.18. The highest BCUT2D eigenvalue weighted by molar-refractivity contribution is 7.89. The third-order valence-electron chi connectivity index (χ3n) is 3.78. The molecule has 0 saturated heterocycles. The number of hydrogen-bond donors (Lipinski definition) is 1. The number of sulfonamides is 1. The van der Waals surface area contributed by atoms with Crippen molar-refractivity contribution in [1.29, 1.82) is 5.26 Å². The standard InChI is InChI=1S/C18H18ClN3O3S/c1-13(15-4-3-5-16(19)10-15)21-18(23)12-22(2)26(24,25)17-8-6-14(11-20)7-9-17/h3-10,13H,12H2,1-2H3,(H,21,23). The van der Waals surface area contributed by atoms with Crippen molar-refractivity contribution in [3.05, 3.63) is 64.7 Å².